The third kappa shape index (κ3) is 4.27. The van der Waals surface area contributed by atoms with Gasteiger partial charge in [-0.25, -0.2) is 4.39 Å². The van der Waals surface area contributed by atoms with Crippen LogP contribution in [0.5, 0.6) is 5.75 Å². The van der Waals surface area contributed by atoms with E-state index < -0.39 is 0 Å². The van der Waals surface area contributed by atoms with E-state index in [1.807, 2.05) is 13.8 Å². The minimum absolute atomic E-state index is 0.0652. The van der Waals surface area contributed by atoms with Gasteiger partial charge in [0.1, 0.15) is 11.6 Å². The second-order valence-corrected chi connectivity index (χ2v) is 4.54. The number of hydrogen-bond donors (Lipinski definition) is 2. The van der Waals surface area contributed by atoms with Gasteiger partial charge in [-0.1, -0.05) is 6.07 Å². The molecule has 0 spiro atoms. The van der Waals surface area contributed by atoms with Gasteiger partial charge in [0, 0.05) is 30.3 Å². The Morgan fingerprint density at radius 2 is 2.11 bits per heavy atom. The van der Waals surface area contributed by atoms with Gasteiger partial charge in [0.25, 0.3) is 0 Å². The van der Waals surface area contributed by atoms with Gasteiger partial charge in [-0.05, 0) is 32.8 Å². The highest BCUT2D eigenvalue weighted by Crippen LogP contribution is 2.22. The molecule has 1 aromatic rings. The number of rotatable bonds is 7. The largest absolute Gasteiger partial charge is 0.497 e. The average Bonchev–Trinajstić information content (AvgIpc) is 2.35. The van der Waals surface area contributed by atoms with Gasteiger partial charge < -0.3 is 15.2 Å². The molecule has 1 aromatic carbocycles. The molecular weight excluding hydrogens is 233 g/mol. The average molecular weight is 255 g/mol. The Morgan fingerprint density at radius 1 is 1.39 bits per heavy atom. The highest BCUT2D eigenvalue weighted by Gasteiger charge is 2.13. The van der Waals surface area contributed by atoms with Crippen molar-refractivity contribution in [1.29, 1.82) is 0 Å². The Bertz CT molecular complexity index is 371. The minimum atomic E-state index is -0.260. The summed E-state index contributed by atoms with van der Waals surface area (Å²) in [7, 11) is 1.52. The van der Waals surface area contributed by atoms with E-state index >= 15 is 0 Å². The first-order valence-electron chi connectivity index (χ1n) is 6.28. The van der Waals surface area contributed by atoms with E-state index in [9.17, 15) is 4.39 Å². The van der Waals surface area contributed by atoms with Crippen molar-refractivity contribution in [2.24, 2.45) is 0 Å². The Balaban J connectivity index is 2.63. The molecule has 2 N–H and O–H groups in total. The predicted molar refractivity (Wildman–Crippen MR) is 70.3 cm³/mol. The lowest BCUT2D eigenvalue weighted by Crippen LogP contribution is -2.29. The summed E-state index contributed by atoms with van der Waals surface area (Å²) >= 11 is 0. The van der Waals surface area contributed by atoms with Crippen LogP contribution in [0.15, 0.2) is 18.2 Å². The maximum absolute atomic E-state index is 13.8. The first-order valence-corrected chi connectivity index (χ1v) is 6.28. The van der Waals surface area contributed by atoms with Gasteiger partial charge in [-0.15, -0.1) is 0 Å². The van der Waals surface area contributed by atoms with Crippen molar-refractivity contribution in [2.45, 2.75) is 38.8 Å². The summed E-state index contributed by atoms with van der Waals surface area (Å²) in [6.45, 7) is 4.16. The molecular formula is C14H22FNO2. The highest BCUT2D eigenvalue weighted by atomic mass is 19.1. The highest BCUT2D eigenvalue weighted by molar-refractivity contribution is 5.30. The molecule has 0 amide bonds. The molecule has 0 aliphatic heterocycles. The zero-order valence-corrected chi connectivity index (χ0v) is 11.2. The van der Waals surface area contributed by atoms with Crippen LogP contribution in [0.1, 0.15) is 38.3 Å². The van der Waals surface area contributed by atoms with Crippen LogP contribution in [0.4, 0.5) is 4.39 Å². The van der Waals surface area contributed by atoms with Crippen LogP contribution in [0.25, 0.3) is 0 Å². The maximum Gasteiger partial charge on any atom is 0.131 e. The normalized spacial score (nSPS) is 14.3. The van der Waals surface area contributed by atoms with Gasteiger partial charge in [0.05, 0.1) is 7.11 Å². The van der Waals surface area contributed by atoms with E-state index in [-0.39, 0.29) is 24.5 Å². The number of methoxy groups -OCH3 is 1. The molecule has 0 heterocycles. The first-order chi connectivity index (χ1) is 8.58. The van der Waals surface area contributed by atoms with Crippen molar-refractivity contribution < 1.29 is 14.2 Å². The van der Waals surface area contributed by atoms with Crippen LogP contribution >= 0.6 is 0 Å². The quantitative estimate of drug-likeness (QED) is 0.787. The molecule has 0 radical (unpaired) electrons. The minimum Gasteiger partial charge on any atom is -0.497 e. The zero-order chi connectivity index (χ0) is 13.5. The summed E-state index contributed by atoms with van der Waals surface area (Å²) in [6.07, 6.45) is 1.63. The Hall–Kier alpha value is -1.13. The second kappa shape index (κ2) is 7.34. The topological polar surface area (TPSA) is 41.5 Å². The van der Waals surface area contributed by atoms with Crippen molar-refractivity contribution in [3.8, 4) is 5.75 Å². The van der Waals surface area contributed by atoms with Crippen LogP contribution in [0.2, 0.25) is 0 Å². The van der Waals surface area contributed by atoms with Gasteiger partial charge >= 0.3 is 0 Å². The molecule has 0 aliphatic carbocycles. The Morgan fingerprint density at radius 3 is 2.67 bits per heavy atom. The fourth-order valence-corrected chi connectivity index (χ4v) is 1.98. The molecule has 0 saturated carbocycles. The number of hydrogen-bond acceptors (Lipinski definition) is 3. The summed E-state index contributed by atoms with van der Waals surface area (Å²) < 4.78 is 18.8. The fourth-order valence-electron chi connectivity index (χ4n) is 1.98. The van der Waals surface area contributed by atoms with Gasteiger partial charge in [0.15, 0.2) is 0 Å². The molecule has 2 atom stereocenters. The molecule has 0 aromatic heterocycles. The molecule has 18 heavy (non-hydrogen) atoms. The van der Waals surface area contributed by atoms with Crippen LogP contribution in [-0.4, -0.2) is 24.9 Å². The van der Waals surface area contributed by atoms with Crippen LogP contribution in [-0.2, 0) is 0 Å². The van der Waals surface area contributed by atoms with Crippen molar-refractivity contribution >= 4 is 0 Å². The molecule has 102 valence electrons. The summed E-state index contributed by atoms with van der Waals surface area (Å²) in [4.78, 5) is 0. The zero-order valence-electron chi connectivity index (χ0n) is 11.2. The second-order valence-electron chi connectivity index (χ2n) is 4.54. The van der Waals surface area contributed by atoms with Gasteiger partial charge in [-0.2, -0.15) is 0 Å². The standard InChI is InChI=1S/C14H22FNO2/c1-10(5-4-8-17)16-11(2)13-7-6-12(18-3)9-14(13)15/h6-7,9-11,16-17H,4-5,8H2,1-3H3. The van der Waals surface area contributed by atoms with Crippen molar-refractivity contribution in [3.05, 3.63) is 29.6 Å². The van der Waals surface area contributed by atoms with Crippen LogP contribution in [0, 0.1) is 5.82 Å². The lowest BCUT2D eigenvalue weighted by atomic mass is 10.1. The number of benzene rings is 1. The van der Waals surface area contributed by atoms with Crippen LogP contribution in [0.3, 0.4) is 0 Å². The monoisotopic (exact) mass is 255 g/mol. The van der Waals surface area contributed by atoms with Crippen molar-refractivity contribution in [1.82, 2.24) is 5.32 Å². The summed E-state index contributed by atoms with van der Waals surface area (Å²) in [5.74, 6) is 0.264. The lowest BCUT2D eigenvalue weighted by molar-refractivity contribution is 0.274. The molecule has 0 aliphatic rings. The first kappa shape index (κ1) is 14.9. The maximum atomic E-state index is 13.8. The molecule has 2 unspecified atom stereocenters. The summed E-state index contributed by atoms with van der Waals surface area (Å²) in [5, 5.41) is 12.1. The SMILES string of the molecule is COc1ccc(C(C)NC(C)CCCO)c(F)c1. The van der Waals surface area contributed by atoms with E-state index in [1.54, 1.807) is 12.1 Å². The third-order valence-corrected chi connectivity index (χ3v) is 3.00. The number of halogens is 1. The third-order valence-electron chi connectivity index (χ3n) is 3.00. The van der Waals surface area contributed by atoms with Crippen LogP contribution < -0.4 is 10.1 Å². The molecule has 3 nitrogen and oxygen atoms in total. The van der Waals surface area contributed by atoms with Gasteiger partial charge in [0.2, 0.25) is 0 Å². The molecule has 0 fully saturated rings. The lowest BCUT2D eigenvalue weighted by Gasteiger charge is -2.20. The Kier molecular flexibility index (Phi) is 6.09. The predicted octanol–water partition coefficient (Wildman–Crippen LogP) is 2.65. The molecule has 0 saturated heterocycles. The molecule has 0 bridgehead atoms. The number of aliphatic hydroxyl groups is 1. The van der Waals surface area contributed by atoms with E-state index in [1.165, 1.54) is 13.2 Å². The number of aliphatic hydroxyl groups excluding tert-OH is 1. The molecule has 4 heteroatoms. The van der Waals surface area contributed by atoms with E-state index in [0.29, 0.717) is 11.3 Å². The van der Waals surface area contributed by atoms with E-state index in [2.05, 4.69) is 5.32 Å². The summed E-state index contributed by atoms with van der Waals surface area (Å²) in [5.41, 5.74) is 0.631. The molecule has 1 rings (SSSR count). The fraction of sp³-hybridized carbons (Fsp3) is 0.571. The van der Waals surface area contributed by atoms with E-state index in [0.717, 1.165) is 12.8 Å². The summed E-state index contributed by atoms with van der Waals surface area (Å²) in [6, 6.07) is 5.07. The van der Waals surface area contributed by atoms with Crippen molar-refractivity contribution in [3.63, 3.8) is 0 Å². The smallest absolute Gasteiger partial charge is 0.131 e. The number of nitrogens with one attached hydrogen (secondary N) is 1. The number of ether oxygens (including phenoxy) is 1. The Labute approximate surface area is 108 Å². The van der Waals surface area contributed by atoms with E-state index in [4.69, 9.17) is 9.84 Å². The van der Waals surface area contributed by atoms with Crippen molar-refractivity contribution in [2.75, 3.05) is 13.7 Å². The van der Waals surface area contributed by atoms with Gasteiger partial charge in [-0.3, -0.25) is 0 Å².